The number of thiazole rings is 1. The van der Waals surface area contributed by atoms with Gasteiger partial charge in [0, 0.05) is 18.6 Å². The van der Waals surface area contributed by atoms with Crippen LogP contribution in [0.3, 0.4) is 0 Å². The third kappa shape index (κ3) is 2.98. The molecule has 4 nitrogen and oxygen atoms in total. The Labute approximate surface area is 137 Å². The predicted octanol–water partition coefficient (Wildman–Crippen LogP) is 3.17. The van der Waals surface area contributed by atoms with E-state index in [1.165, 1.54) is 13.3 Å². The number of aromatic nitrogens is 1. The second-order valence-electron chi connectivity index (χ2n) is 6.47. The van der Waals surface area contributed by atoms with E-state index in [4.69, 9.17) is 0 Å². The molecule has 1 aromatic heterocycles. The Hall–Kier alpha value is -1.15. The first kappa shape index (κ1) is 16.7. The molecule has 3 heterocycles. The Morgan fingerprint density at radius 1 is 1.22 bits per heavy atom. The van der Waals surface area contributed by atoms with E-state index < -0.39 is 11.2 Å². The first-order valence-corrected chi connectivity index (χ1v) is 8.60. The minimum absolute atomic E-state index is 0.119. The number of hydrogen-bond donors (Lipinski definition) is 0. The monoisotopic (exact) mass is 347 g/mol. The van der Waals surface area contributed by atoms with E-state index in [1.54, 1.807) is 4.90 Å². The quantitative estimate of drug-likeness (QED) is 0.783. The van der Waals surface area contributed by atoms with Crippen LogP contribution < -0.4 is 0 Å². The number of amides is 1. The van der Waals surface area contributed by atoms with Gasteiger partial charge in [-0.2, -0.15) is 13.2 Å². The van der Waals surface area contributed by atoms with Crippen molar-refractivity contribution in [2.75, 3.05) is 26.7 Å². The molecule has 2 fully saturated rings. The molecule has 2 aliphatic heterocycles. The van der Waals surface area contributed by atoms with Gasteiger partial charge in [-0.1, -0.05) is 0 Å². The van der Waals surface area contributed by atoms with Crippen LogP contribution >= 0.6 is 11.3 Å². The summed E-state index contributed by atoms with van der Waals surface area (Å²) in [5.41, 5.74) is 0.349. The lowest BCUT2D eigenvalue weighted by Crippen LogP contribution is -2.51. The van der Waals surface area contributed by atoms with E-state index >= 15 is 0 Å². The van der Waals surface area contributed by atoms with Crippen molar-refractivity contribution in [3.8, 4) is 0 Å². The summed E-state index contributed by atoms with van der Waals surface area (Å²) >= 11 is 0.455. The summed E-state index contributed by atoms with van der Waals surface area (Å²) in [5, 5.41) is -0.942. The largest absolute Gasteiger partial charge is 0.443 e. The maximum Gasteiger partial charge on any atom is 0.443 e. The van der Waals surface area contributed by atoms with Gasteiger partial charge in [0.1, 0.15) is 4.88 Å². The summed E-state index contributed by atoms with van der Waals surface area (Å²) in [7, 11) is 2.12. The van der Waals surface area contributed by atoms with Gasteiger partial charge in [0.15, 0.2) is 5.01 Å². The highest BCUT2D eigenvalue weighted by atomic mass is 32.1. The average Bonchev–Trinajstić information content (AvgIpc) is 3.03. The minimum Gasteiger partial charge on any atom is -0.338 e. The number of halogens is 3. The maximum absolute atomic E-state index is 12.7. The Kier molecular flexibility index (Phi) is 4.16. The Morgan fingerprint density at radius 2 is 1.87 bits per heavy atom. The molecule has 0 bridgehead atoms. The number of aryl methyl sites for hydroxylation is 1. The summed E-state index contributed by atoms with van der Waals surface area (Å²) in [6, 6.07) is 0. The molecule has 1 spiro atoms. The molecule has 1 amide bonds. The summed E-state index contributed by atoms with van der Waals surface area (Å²) in [6.45, 7) is 3.75. The molecule has 0 aliphatic carbocycles. The van der Waals surface area contributed by atoms with Crippen LogP contribution in [0.2, 0.25) is 0 Å². The molecule has 2 saturated heterocycles. The third-order valence-electron chi connectivity index (χ3n) is 5.16. The molecule has 0 unspecified atom stereocenters. The standard InChI is InChI=1S/C15H20F3N3OS/c1-10-11(23-13(19-10)15(16,17)18)12(22)21-8-5-14(6-9-21)4-3-7-20(14)2/h3-9H2,1-2H3. The van der Waals surface area contributed by atoms with Gasteiger partial charge < -0.3 is 9.80 Å². The smallest absolute Gasteiger partial charge is 0.338 e. The molecule has 0 atom stereocenters. The lowest BCUT2D eigenvalue weighted by Gasteiger charge is -2.43. The second kappa shape index (κ2) is 5.73. The second-order valence-corrected chi connectivity index (χ2v) is 7.47. The lowest BCUT2D eigenvalue weighted by atomic mass is 9.85. The van der Waals surface area contributed by atoms with Crippen LogP contribution in [0.1, 0.15) is 46.1 Å². The first-order valence-electron chi connectivity index (χ1n) is 7.78. The molecule has 1 aromatic rings. The normalized spacial score (nSPS) is 22.0. The number of nitrogens with zero attached hydrogens (tertiary/aromatic N) is 3. The lowest BCUT2D eigenvalue weighted by molar-refractivity contribution is -0.137. The molecular weight excluding hydrogens is 327 g/mol. The molecule has 0 saturated carbocycles. The molecule has 0 radical (unpaired) electrons. The number of carbonyl (C=O) groups excluding carboxylic acids is 1. The first-order chi connectivity index (χ1) is 10.7. The number of hydrogen-bond acceptors (Lipinski definition) is 4. The van der Waals surface area contributed by atoms with Crippen molar-refractivity contribution in [3.63, 3.8) is 0 Å². The van der Waals surface area contributed by atoms with Crippen molar-refractivity contribution in [2.24, 2.45) is 0 Å². The number of rotatable bonds is 1. The van der Waals surface area contributed by atoms with Crippen molar-refractivity contribution in [3.05, 3.63) is 15.6 Å². The van der Waals surface area contributed by atoms with Crippen molar-refractivity contribution in [1.82, 2.24) is 14.8 Å². The van der Waals surface area contributed by atoms with Crippen LogP contribution in [0.4, 0.5) is 13.2 Å². The molecule has 23 heavy (non-hydrogen) atoms. The molecule has 3 rings (SSSR count). The van der Waals surface area contributed by atoms with Gasteiger partial charge in [0.05, 0.1) is 5.69 Å². The van der Waals surface area contributed by atoms with Gasteiger partial charge >= 0.3 is 6.18 Å². The minimum atomic E-state index is -4.49. The number of piperidine rings is 1. The van der Waals surface area contributed by atoms with Gasteiger partial charge in [-0.05, 0) is 46.2 Å². The van der Waals surface area contributed by atoms with Crippen LogP contribution in [0.15, 0.2) is 0 Å². The van der Waals surface area contributed by atoms with E-state index in [9.17, 15) is 18.0 Å². The van der Waals surface area contributed by atoms with Crippen molar-refractivity contribution < 1.29 is 18.0 Å². The molecule has 0 N–H and O–H groups in total. The summed E-state index contributed by atoms with van der Waals surface area (Å²) in [6.07, 6.45) is -0.401. The van der Waals surface area contributed by atoms with E-state index in [-0.39, 0.29) is 22.0 Å². The van der Waals surface area contributed by atoms with Crippen molar-refractivity contribution in [2.45, 2.75) is 44.3 Å². The fourth-order valence-electron chi connectivity index (χ4n) is 3.69. The van der Waals surface area contributed by atoms with Gasteiger partial charge in [0.2, 0.25) is 0 Å². The number of alkyl halides is 3. The van der Waals surface area contributed by atoms with E-state index in [0.29, 0.717) is 24.4 Å². The van der Waals surface area contributed by atoms with Crippen LogP contribution in [0, 0.1) is 6.92 Å². The van der Waals surface area contributed by atoms with Gasteiger partial charge in [-0.25, -0.2) is 4.98 Å². The average molecular weight is 347 g/mol. The van der Waals surface area contributed by atoms with Crippen LogP contribution in [0.25, 0.3) is 0 Å². The fraction of sp³-hybridized carbons (Fsp3) is 0.733. The third-order valence-corrected chi connectivity index (χ3v) is 6.35. The Bertz CT molecular complexity index is 606. The highest BCUT2D eigenvalue weighted by molar-refractivity contribution is 7.13. The Balaban J connectivity index is 1.72. The van der Waals surface area contributed by atoms with E-state index in [1.807, 2.05) is 0 Å². The predicted molar refractivity (Wildman–Crippen MR) is 81.6 cm³/mol. The van der Waals surface area contributed by atoms with Crippen molar-refractivity contribution >= 4 is 17.2 Å². The van der Waals surface area contributed by atoms with E-state index in [2.05, 4.69) is 16.9 Å². The summed E-state index contributed by atoms with van der Waals surface area (Å²) < 4.78 is 38.2. The zero-order chi connectivity index (χ0) is 16.8. The van der Waals surface area contributed by atoms with Crippen molar-refractivity contribution in [1.29, 1.82) is 0 Å². The van der Waals surface area contributed by atoms with Gasteiger partial charge in [0.25, 0.3) is 5.91 Å². The maximum atomic E-state index is 12.7. The topological polar surface area (TPSA) is 36.4 Å². The molecule has 8 heteroatoms. The van der Waals surface area contributed by atoms with Crippen LogP contribution in [-0.4, -0.2) is 52.9 Å². The zero-order valence-corrected chi connectivity index (χ0v) is 14.1. The van der Waals surface area contributed by atoms with E-state index in [0.717, 1.165) is 25.8 Å². The number of carbonyl (C=O) groups is 1. The molecule has 0 aromatic carbocycles. The SMILES string of the molecule is Cc1nc(C(F)(F)F)sc1C(=O)N1CCC2(CCCN2C)CC1. The molecular formula is C15H20F3N3OS. The zero-order valence-electron chi connectivity index (χ0n) is 13.2. The highest BCUT2D eigenvalue weighted by Crippen LogP contribution is 2.38. The summed E-state index contributed by atoms with van der Waals surface area (Å²) in [5.74, 6) is -0.314. The number of likely N-dealkylation sites (tertiary alicyclic amines) is 2. The van der Waals surface area contributed by atoms with Crippen LogP contribution in [-0.2, 0) is 6.18 Å². The Morgan fingerprint density at radius 3 is 2.35 bits per heavy atom. The fourth-order valence-corrected chi connectivity index (χ4v) is 4.59. The molecule has 128 valence electrons. The van der Waals surface area contributed by atoms with Gasteiger partial charge in [-0.3, -0.25) is 4.79 Å². The highest BCUT2D eigenvalue weighted by Gasteiger charge is 2.43. The molecule has 2 aliphatic rings. The summed E-state index contributed by atoms with van der Waals surface area (Å²) in [4.78, 5) is 20.2. The van der Waals surface area contributed by atoms with Gasteiger partial charge in [-0.15, -0.1) is 11.3 Å². The van der Waals surface area contributed by atoms with Crippen LogP contribution in [0.5, 0.6) is 0 Å².